The highest BCUT2D eigenvalue weighted by molar-refractivity contribution is 7.87. The van der Waals surface area contributed by atoms with Gasteiger partial charge in [-0.1, -0.05) is 11.6 Å². The van der Waals surface area contributed by atoms with Crippen LogP contribution in [0.2, 0.25) is 5.02 Å². The van der Waals surface area contributed by atoms with E-state index in [0.717, 1.165) is 25.7 Å². The predicted octanol–water partition coefficient (Wildman–Crippen LogP) is 3.22. The monoisotopic (exact) mass is 481 g/mol. The Labute approximate surface area is 187 Å². The van der Waals surface area contributed by atoms with Crippen molar-refractivity contribution in [3.05, 3.63) is 64.8 Å². The number of aromatic nitrogens is 2. The predicted molar refractivity (Wildman–Crippen MR) is 116 cm³/mol. The van der Waals surface area contributed by atoms with Gasteiger partial charge in [0.25, 0.3) is 10.2 Å². The third kappa shape index (κ3) is 4.60. The first kappa shape index (κ1) is 21.8. The second-order valence-corrected chi connectivity index (χ2v) is 10.2. The lowest BCUT2D eigenvalue weighted by molar-refractivity contribution is -0.120. The number of carbonyl (C=O) groups excluding carboxylic acids is 1. The molecule has 1 amide bonds. The Hall–Kier alpha value is -2.44. The lowest BCUT2D eigenvalue weighted by atomic mass is 10.1. The molecule has 3 heterocycles. The Bertz CT molecular complexity index is 1220. The standard InChI is InChI=1S/C19H17ClFN5O3S2/c1-26-16(19(27)24-12-2-3-14(21)13(20)6-12)7-15(25-31(26,28)29)18-5-4-17(30-18)11-8-22-10-23-9-11/h2-6,8-10,15-16,25H,7H2,1H3,(H,24,27)/t15-,16+/m1/s1. The first-order valence-electron chi connectivity index (χ1n) is 9.11. The van der Waals surface area contributed by atoms with Crippen molar-refractivity contribution in [3.8, 4) is 10.4 Å². The minimum atomic E-state index is -3.90. The van der Waals surface area contributed by atoms with Crippen LogP contribution < -0.4 is 10.0 Å². The van der Waals surface area contributed by atoms with Gasteiger partial charge in [-0.3, -0.25) is 4.79 Å². The SMILES string of the molecule is CN1[C@H](C(=O)Nc2ccc(F)c(Cl)c2)C[C@H](c2ccc(-c3cncnc3)s2)NS1(=O)=O. The third-order valence-electron chi connectivity index (χ3n) is 4.87. The van der Waals surface area contributed by atoms with E-state index in [4.69, 9.17) is 11.6 Å². The topological polar surface area (TPSA) is 104 Å². The summed E-state index contributed by atoms with van der Waals surface area (Å²) in [7, 11) is -2.56. The number of halogens is 2. The highest BCUT2D eigenvalue weighted by atomic mass is 35.5. The smallest absolute Gasteiger partial charge is 0.280 e. The van der Waals surface area contributed by atoms with Crippen molar-refractivity contribution >= 4 is 44.7 Å². The van der Waals surface area contributed by atoms with Crippen molar-refractivity contribution in [1.29, 1.82) is 0 Å². The molecule has 1 aliphatic heterocycles. The number of hydrogen-bond donors (Lipinski definition) is 2. The molecular formula is C19H17ClFN5O3S2. The summed E-state index contributed by atoms with van der Waals surface area (Å²) in [5, 5.41) is 2.47. The molecule has 12 heteroatoms. The van der Waals surface area contributed by atoms with Gasteiger partial charge in [0.2, 0.25) is 5.91 Å². The van der Waals surface area contributed by atoms with Crippen LogP contribution in [-0.4, -0.2) is 41.7 Å². The van der Waals surface area contributed by atoms with Crippen LogP contribution in [0.1, 0.15) is 17.3 Å². The molecule has 0 bridgehead atoms. The number of benzene rings is 1. The van der Waals surface area contributed by atoms with E-state index < -0.39 is 34.0 Å². The normalized spacial score (nSPS) is 21.0. The Morgan fingerprint density at radius 2 is 2.03 bits per heavy atom. The van der Waals surface area contributed by atoms with Crippen LogP contribution in [0.15, 0.2) is 49.1 Å². The summed E-state index contributed by atoms with van der Waals surface area (Å²) in [4.78, 5) is 22.5. The van der Waals surface area contributed by atoms with E-state index in [1.807, 2.05) is 12.1 Å². The van der Waals surface area contributed by atoms with Crippen molar-refractivity contribution in [3.63, 3.8) is 0 Å². The molecule has 3 aromatic rings. The van der Waals surface area contributed by atoms with E-state index >= 15 is 0 Å². The number of hydrogen-bond acceptors (Lipinski definition) is 6. The van der Waals surface area contributed by atoms with Crippen LogP contribution in [0, 0.1) is 5.82 Å². The zero-order chi connectivity index (χ0) is 22.2. The van der Waals surface area contributed by atoms with Gasteiger partial charge >= 0.3 is 0 Å². The second kappa shape index (κ2) is 8.60. The van der Waals surface area contributed by atoms with Gasteiger partial charge in [0.15, 0.2) is 0 Å². The van der Waals surface area contributed by atoms with Crippen molar-refractivity contribution in [2.24, 2.45) is 0 Å². The van der Waals surface area contributed by atoms with E-state index in [0.29, 0.717) is 0 Å². The van der Waals surface area contributed by atoms with Gasteiger partial charge < -0.3 is 5.32 Å². The summed E-state index contributed by atoms with van der Waals surface area (Å²) in [6.45, 7) is 0. The zero-order valence-corrected chi connectivity index (χ0v) is 18.5. The number of thiophene rings is 1. The molecule has 8 nitrogen and oxygen atoms in total. The maximum atomic E-state index is 13.4. The molecule has 0 spiro atoms. The molecule has 2 atom stereocenters. The van der Waals surface area contributed by atoms with Gasteiger partial charge in [0.1, 0.15) is 18.2 Å². The van der Waals surface area contributed by atoms with Crippen molar-refractivity contribution in [2.45, 2.75) is 18.5 Å². The molecule has 0 aliphatic carbocycles. The first-order valence-corrected chi connectivity index (χ1v) is 11.7. The van der Waals surface area contributed by atoms with Gasteiger partial charge in [-0.2, -0.15) is 17.4 Å². The summed E-state index contributed by atoms with van der Waals surface area (Å²) in [6.07, 6.45) is 4.99. The minimum Gasteiger partial charge on any atom is -0.325 e. The molecule has 0 radical (unpaired) electrons. The van der Waals surface area contributed by atoms with E-state index in [1.165, 1.54) is 36.8 Å². The Morgan fingerprint density at radius 3 is 2.74 bits per heavy atom. The molecule has 1 fully saturated rings. The number of anilines is 1. The van der Waals surface area contributed by atoms with Crippen LogP contribution in [0.25, 0.3) is 10.4 Å². The molecular weight excluding hydrogens is 465 g/mol. The van der Waals surface area contributed by atoms with Crippen LogP contribution >= 0.6 is 22.9 Å². The van der Waals surface area contributed by atoms with Gasteiger partial charge in [0.05, 0.1) is 11.1 Å². The lowest BCUT2D eigenvalue weighted by Gasteiger charge is -2.35. The van der Waals surface area contributed by atoms with Gasteiger partial charge in [-0.15, -0.1) is 11.3 Å². The molecule has 4 rings (SSSR count). The minimum absolute atomic E-state index is 0.141. The molecule has 0 saturated carbocycles. The van der Waals surface area contributed by atoms with E-state index in [9.17, 15) is 17.6 Å². The van der Waals surface area contributed by atoms with Crippen molar-refractivity contribution in [1.82, 2.24) is 19.0 Å². The van der Waals surface area contributed by atoms with Gasteiger partial charge in [-0.05, 0) is 36.8 Å². The molecule has 31 heavy (non-hydrogen) atoms. The summed E-state index contributed by atoms with van der Waals surface area (Å²) in [5.41, 5.74) is 1.09. The zero-order valence-electron chi connectivity index (χ0n) is 16.1. The average molecular weight is 482 g/mol. The summed E-state index contributed by atoms with van der Waals surface area (Å²) < 4.78 is 42.3. The summed E-state index contributed by atoms with van der Waals surface area (Å²) in [6, 6.07) is 5.89. The van der Waals surface area contributed by atoms with Crippen LogP contribution in [0.3, 0.4) is 0 Å². The van der Waals surface area contributed by atoms with Gasteiger partial charge in [0, 0.05) is 40.4 Å². The highest BCUT2D eigenvalue weighted by Crippen LogP contribution is 2.36. The highest BCUT2D eigenvalue weighted by Gasteiger charge is 2.41. The van der Waals surface area contributed by atoms with Crippen LogP contribution in [-0.2, 0) is 15.0 Å². The first-order chi connectivity index (χ1) is 14.7. The van der Waals surface area contributed by atoms with E-state index in [1.54, 1.807) is 12.4 Å². The summed E-state index contributed by atoms with van der Waals surface area (Å²) >= 11 is 7.16. The van der Waals surface area contributed by atoms with Crippen molar-refractivity contribution in [2.75, 3.05) is 12.4 Å². The van der Waals surface area contributed by atoms with Crippen LogP contribution in [0.4, 0.5) is 10.1 Å². The number of carbonyl (C=O) groups is 1. The Balaban J connectivity index is 1.57. The van der Waals surface area contributed by atoms with Crippen LogP contribution in [0.5, 0.6) is 0 Å². The number of nitrogens with one attached hydrogen (secondary N) is 2. The summed E-state index contributed by atoms with van der Waals surface area (Å²) in [5.74, 6) is -1.15. The largest absolute Gasteiger partial charge is 0.325 e. The number of rotatable bonds is 4. The van der Waals surface area contributed by atoms with Gasteiger partial charge in [-0.25, -0.2) is 14.4 Å². The molecule has 1 aromatic carbocycles. The van der Waals surface area contributed by atoms with E-state index in [2.05, 4.69) is 20.0 Å². The Morgan fingerprint density at radius 1 is 1.29 bits per heavy atom. The quantitative estimate of drug-likeness (QED) is 0.595. The average Bonchev–Trinajstić information content (AvgIpc) is 3.23. The molecule has 1 aliphatic rings. The van der Waals surface area contributed by atoms with E-state index in [-0.39, 0.29) is 17.1 Å². The molecule has 1 saturated heterocycles. The maximum absolute atomic E-state index is 13.4. The molecule has 2 aromatic heterocycles. The molecule has 162 valence electrons. The fraction of sp³-hybridized carbons (Fsp3) is 0.211. The fourth-order valence-electron chi connectivity index (χ4n) is 3.22. The second-order valence-electron chi connectivity index (χ2n) is 6.89. The van der Waals surface area contributed by atoms with Crippen molar-refractivity contribution < 1.29 is 17.6 Å². The number of nitrogens with zero attached hydrogens (tertiary/aromatic N) is 3. The Kier molecular flexibility index (Phi) is 6.04. The maximum Gasteiger partial charge on any atom is 0.280 e. The lowest BCUT2D eigenvalue weighted by Crippen LogP contribution is -2.55. The third-order valence-corrected chi connectivity index (χ3v) is 8.01. The number of likely N-dealkylation sites (N-methyl/N-ethyl adjacent to an activating group) is 1. The molecule has 2 N–H and O–H groups in total. The molecule has 0 unspecified atom stereocenters. The number of amides is 1. The fourth-order valence-corrected chi connectivity index (χ4v) is 5.79.